The molecule has 1 saturated heterocycles. The number of amides is 1. The number of anilines is 1. The lowest BCUT2D eigenvalue weighted by atomic mass is 10.0. The zero-order valence-electron chi connectivity index (χ0n) is 17.1. The molecule has 0 saturated carbocycles. The van der Waals surface area contributed by atoms with Crippen LogP contribution in [0.15, 0.2) is 29.6 Å². The summed E-state index contributed by atoms with van der Waals surface area (Å²) in [5.41, 5.74) is 1.97. The molecule has 3 rings (SSSR count). The molecule has 1 aliphatic rings. The Labute approximate surface area is 175 Å². The predicted octanol–water partition coefficient (Wildman–Crippen LogP) is 2.79. The molecule has 8 heteroatoms. The molecule has 0 atom stereocenters. The number of hydrogen-bond donors (Lipinski definition) is 1. The number of thiophene rings is 1. The summed E-state index contributed by atoms with van der Waals surface area (Å²) in [7, 11) is 2.95. The van der Waals surface area contributed by atoms with Crippen molar-refractivity contribution < 1.29 is 19.1 Å². The van der Waals surface area contributed by atoms with E-state index in [0.29, 0.717) is 17.1 Å². The molecule has 0 bridgehead atoms. The lowest BCUT2D eigenvalue weighted by molar-refractivity contribution is -0.117. The number of ether oxygens (including phenoxy) is 2. The molecule has 1 fully saturated rings. The van der Waals surface area contributed by atoms with Gasteiger partial charge in [-0.25, -0.2) is 4.79 Å². The van der Waals surface area contributed by atoms with Crippen molar-refractivity contribution in [2.75, 3.05) is 58.8 Å². The van der Waals surface area contributed by atoms with Gasteiger partial charge in [-0.05, 0) is 24.2 Å². The number of hydrogen-bond acceptors (Lipinski definition) is 7. The second kappa shape index (κ2) is 9.87. The first-order chi connectivity index (χ1) is 14.0. The Morgan fingerprint density at radius 2 is 1.72 bits per heavy atom. The Kier molecular flexibility index (Phi) is 7.24. The van der Waals surface area contributed by atoms with Crippen molar-refractivity contribution in [3.05, 3.63) is 35.2 Å². The van der Waals surface area contributed by atoms with Gasteiger partial charge < -0.3 is 19.7 Å². The molecular weight excluding hydrogens is 390 g/mol. The summed E-state index contributed by atoms with van der Waals surface area (Å²) in [6.45, 7) is 7.17. The first-order valence-electron chi connectivity index (χ1n) is 9.64. The monoisotopic (exact) mass is 417 g/mol. The molecule has 29 heavy (non-hydrogen) atoms. The van der Waals surface area contributed by atoms with E-state index < -0.39 is 5.97 Å². The summed E-state index contributed by atoms with van der Waals surface area (Å²) >= 11 is 1.33. The van der Waals surface area contributed by atoms with Crippen LogP contribution in [0.1, 0.15) is 17.3 Å². The van der Waals surface area contributed by atoms with E-state index in [1.165, 1.54) is 18.4 Å². The van der Waals surface area contributed by atoms with Gasteiger partial charge in [-0.15, -0.1) is 11.3 Å². The van der Waals surface area contributed by atoms with Crippen LogP contribution in [-0.4, -0.2) is 75.2 Å². The molecule has 2 heterocycles. The summed E-state index contributed by atoms with van der Waals surface area (Å²) in [6.07, 6.45) is 0. The summed E-state index contributed by atoms with van der Waals surface area (Å²) < 4.78 is 10.2. The highest BCUT2D eigenvalue weighted by atomic mass is 32.1. The fourth-order valence-electron chi connectivity index (χ4n) is 3.37. The SMILES string of the molecule is CCN1CCN(CC(=O)Nc2scc(-c3ccc(OC)cc3)c2C(=O)OC)CC1. The van der Waals surface area contributed by atoms with Gasteiger partial charge in [0.05, 0.1) is 20.8 Å². The number of piperazine rings is 1. The number of esters is 1. The Balaban J connectivity index is 1.74. The van der Waals surface area contributed by atoms with Crippen molar-refractivity contribution in [3.63, 3.8) is 0 Å². The maximum Gasteiger partial charge on any atom is 0.341 e. The molecule has 1 N–H and O–H groups in total. The van der Waals surface area contributed by atoms with Crippen molar-refractivity contribution in [2.24, 2.45) is 0 Å². The standard InChI is InChI=1S/C21H27N3O4S/c1-4-23-9-11-24(12-10-23)13-18(25)22-20-19(21(26)28-3)17(14-29-20)15-5-7-16(27-2)8-6-15/h5-8,14H,4,9-13H2,1-3H3,(H,22,25). The van der Waals surface area contributed by atoms with Crippen LogP contribution in [-0.2, 0) is 9.53 Å². The fraction of sp³-hybridized carbons (Fsp3) is 0.429. The number of methoxy groups -OCH3 is 2. The summed E-state index contributed by atoms with van der Waals surface area (Å²) in [5.74, 6) is 0.146. The van der Waals surface area contributed by atoms with Gasteiger partial charge >= 0.3 is 5.97 Å². The van der Waals surface area contributed by atoms with Crippen molar-refractivity contribution in [2.45, 2.75) is 6.92 Å². The smallest absolute Gasteiger partial charge is 0.341 e. The molecule has 1 aromatic carbocycles. The molecule has 0 radical (unpaired) electrons. The van der Waals surface area contributed by atoms with E-state index in [4.69, 9.17) is 9.47 Å². The highest BCUT2D eigenvalue weighted by molar-refractivity contribution is 7.15. The van der Waals surface area contributed by atoms with Crippen molar-refractivity contribution in [1.29, 1.82) is 0 Å². The Hall–Kier alpha value is -2.42. The molecular formula is C21H27N3O4S. The summed E-state index contributed by atoms with van der Waals surface area (Å²) in [6, 6.07) is 7.43. The zero-order valence-corrected chi connectivity index (χ0v) is 17.9. The third-order valence-corrected chi connectivity index (χ3v) is 6.01. The van der Waals surface area contributed by atoms with E-state index in [2.05, 4.69) is 22.0 Å². The molecule has 1 aliphatic heterocycles. The van der Waals surface area contributed by atoms with E-state index >= 15 is 0 Å². The first-order valence-corrected chi connectivity index (χ1v) is 10.5. The molecule has 0 aliphatic carbocycles. The fourth-order valence-corrected chi connectivity index (χ4v) is 4.34. The Bertz CT molecular complexity index is 842. The van der Waals surface area contributed by atoms with E-state index in [1.54, 1.807) is 7.11 Å². The molecule has 7 nitrogen and oxygen atoms in total. The lowest BCUT2D eigenvalue weighted by Crippen LogP contribution is -2.48. The van der Waals surface area contributed by atoms with Gasteiger partial charge in [0.25, 0.3) is 0 Å². The van der Waals surface area contributed by atoms with Gasteiger partial charge in [-0.1, -0.05) is 19.1 Å². The molecule has 0 unspecified atom stereocenters. The van der Waals surface area contributed by atoms with Gasteiger partial charge in [0, 0.05) is 37.1 Å². The van der Waals surface area contributed by atoms with Crippen molar-refractivity contribution in [3.8, 4) is 16.9 Å². The maximum atomic E-state index is 12.6. The Morgan fingerprint density at radius 1 is 1.07 bits per heavy atom. The number of nitrogens with one attached hydrogen (secondary N) is 1. The normalized spacial score (nSPS) is 15.1. The third-order valence-electron chi connectivity index (χ3n) is 5.11. The van der Waals surface area contributed by atoms with Gasteiger partial charge in [0.2, 0.25) is 5.91 Å². The predicted molar refractivity (Wildman–Crippen MR) is 115 cm³/mol. The first kappa shape index (κ1) is 21.3. The van der Waals surface area contributed by atoms with Gasteiger partial charge in [0.15, 0.2) is 0 Å². The van der Waals surface area contributed by atoms with Crippen molar-refractivity contribution in [1.82, 2.24) is 9.80 Å². The molecule has 1 amide bonds. The van der Waals surface area contributed by atoms with Crippen LogP contribution in [0.25, 0.3) is 11.1 Å². The van der Waals surface area contributed by atoms with Gasteiger partial charge in [0.1, 0.15) is 16.3 Å². The van der Waals surface area contributed by atoms with E-state index in [9.17, 15) is 9.59 Å². The van der Waals surface area contributed by atoms with Crippen molar-refractivity contribution >= 4 is 28.2 Å². The minimum Gasteiger partial charge on any atom is -0.497 e. The van der Waals surface area contributed by atoms with Crippen LogP contribution in [0, 0.1) is 0 Å². The van der Waals surface area contributed by atoms with Crippen LogP contribution in [0.2, 0.25) is 0 Å². The number of carbonyl (C=O) groups excluding carboxylic acids is 2. The average Bonchev–Trinajstić information content (AvgIpc) is 3.17. The Morgan fingerprint density at radius 3 is 2.31 bits per heavy atom. The maximum absolute atomic E-state index is 12.6. The van der Waals surface area contributed by atoms with Crippen LogP contribution in [0.5, 0.6) is 5.75 Å². The third kappa shape index (κ3) is 5.14. The highest BCUT2D eigenvalue weighted by Gasteiger charge is 2.24. The zero-order chi connectivity index (χ0) is 20.8. The van der Waals surface area contributed by atoms with Crippen LogP contribution in [0.4, 0.5) is 5.00 Å². The van der Waals surface area contributed by atoms with E-state index in [-0.39, 0.29) is 5.91 Å². The minimum atomic E-state index is -0.469. The second-order valence-electron chi connectivity index (χ2n) is 6.83. The van der Waals surface area contributed by atoms with Crippen LogP contribution < -0.4 is 10.1 Å². The highest BCUT2D eigenvalue weighted by Crippen LogP contribution is 2.36. The number of nitrogens with zero attached hydrogens (tertiary/aromatic N) is 2. The summed E-state index contributed by atoms with van der Waals surface area (Å²) in [4.78, 5) is 29.5. The number of likely N-dealkylation sites (N-methyl/N-ethyl adjacent to an activating group) is 1. The average molecular weight is 418 g/mol. The molecule has 2 aromatic rings. The quantitative estimate of drug-likeness (QED) is 0.699. The number of benzene rings is 1. The largest absolute Gasteiger partial charge is 0.497 e. The lowest BCUT2D eigenvalue weighted by Gasteiger charge is -2.33. The van der Waals surface area contributed by atoms with Crippen LogP contribution >= 0.6 is 11.3 Å². The van der Waals surface area contributed by atoms with E-state index in [1.807, 2.05) is 29.6 Å². The topological polar surface area (TPSA) is 71.1 Å². The molecule has 1 aromatic heterocycles. The minimum absolute atomic E-state index is 0.122. The summed E-state index contributed by atoms with van der Waals surface area (Å²) in [5, 5.41) is 5.29. The van der Waals surface area contributed by atoms with Gasteiger partial charge in [-0.2, -0.15) is 0 Å². The second-order valence-corrected chi connectivity index (χ2v) is 7.71. The van der Waals surface area contributed by atoms with Crippen LogP contribution in [0.3, 0.4) is 0 Å². The van der Waals surface area contributed by atoms with E-state index in [0.717, 1.165) is 49.6 Å². The molecule has 0 spiro atoms. The molecule has 156 valence electrons. The number of carbonyl (C=O) groups is 2. The number of rotatable bonds is 7. The van der Waals surface area contributed by atoms with Gasteiger partial charge in [-0.3, -0.25) is 9.69 Å².